The fourth-order valence-electron chi connectivity index (χ4n) is 1.28. The second-order valence-corrected chi connectivity index (χ2v) is 4.16. The third kappa shape index (κ3) is 3.76. The summed E-state index contributed by atoms with van der Waals surface area (Å²) in [6, 6.07) is 0. The normalized spacial score (nSPS) is 20.2. The first-order valence-electron chi connectivity index (χ1n) is 4.97. The first-order valence-corrected chi connectivity index (χ1v) is 4.97. The number of unbranched alkanes of at least 4 members (excludes halogenated alkanes) is 1. The number of nitrogens with one attached hydrogen (secondary N) is 1. The lowest BCUT2D eigenvalue weighted by molar-refractivity contribution is 0.483. The number of hydrogen-bond donors (Lipinski definition) is 1. The van der Waals surface area contributed by atoms with Gasteiger partial charge in [-0.15, -0.1) is 0 Å². The molecular formula is C10H21N. The molecule has 0 aromatic carbocycles. The molecule has 1 saturated carbocycles. The van der Waals surface area contributed by atoms with Crippen LogP contribution in [-0.2, 0) is 0 Å². The summed E-state index contributed by atoms with van der Waals surface area (Å²) in [6.07, 6.45) is 6.95. The van der Waals surface area contributed by atoms with Gasteiger partial charge in [-0.05, 0) is 44.2 Å². The second kappa shape index (κ2) is 4.10. The third-order valence-electron chi connectivity index (χ3n) is 2.72. The summed E-state index contributed by atoms with van der Waals surface area (Å²) in [7, 11) is 0. The van der Waals surface area contributed by atoms with Gasteiger partial charge in [0.05, 0.1) is 0 Å². The predicted octanol–water partition coefficient (Wildman–Crippen LogP) is 2.57. The lowest BCUT2D eigenvalue weighted by Crippen LogP contribution is -2.18. The van der Waals surface area contributed by atoms with Crippen LogP contribution in [0.5, 0.6) is 0 Å². The smallest absolute Gasteiger partial charge is 0.00437 e. The van der Waals surface area contributed by atoms with Crippen molar-refractivity contribution in [1.29, 1.82) is 0 Å². The summed E-state index contributed by atoms with van der Waals surface area (Å²) in [5.41, 5.74) is 0.735. The summed E-state index contributed by atoms with van der Waals surface area (Å²) in [5.74, 6) is 0. The number of rotatable bonds is 6. The van der Waals surface area contributed by atoms with E-state index in [1.54, 1.807) is 0 Å². The number of hydrogen-bond acceptors (Lipinski definition) is 1. The minimum Gasteiger partial charge on any atom is -0.317 e. The van der Waals surface area contributed by atoms with Gasteiger partial charge in [-0.3, -0.25) is 0 Å². The van der Waals surface area contributed by atoms with E-state index in [0.29, 0.717) is 0 Å². The van der Waals surface area contributed by atoms with Gasteiger partial charge in [-0.25, -0.2) is 0 Å². The Morgan fingerprint density at radius 3 is 2.55 bits per heavy atom. The van der Waals surface area contributed by atoms with Gasteiger partial charge in [-0.1, -0.05) is 20.3 Å². The van der Waals surface area contributed by atoms with Gasteiger partial charge < -0.3 is 5.32 Å². The second-order valence-electron chi connectivity index (χ2n) is 4.16. The highest BCUT2D eigenvalue weighted by molar-refractivity contribution is 4.88. The Labute approximate surface area is 70.6 Å². The van der Waals surface area contributed by atoms with E-state index in [1.807, 2.05) is 0 Å². The van der Waals surface area contributed by atoms with Crippen LogP contribution < -0.4 is 5.32 Å². The summed E-state index contributed by atoms with van der Waals surface area (Å²) < 4.78 is 0. The molecular weight excluding hydrogens is 134 g/mol. The van der Waals surface area contributed by atoms with Crippen molar-refractivity contribution in [2.24, 2.45) is 5.41 Å². The van der Waals surface area contributed by atoms with Crippen molar-refractivity contribution in [1.82, 2.24) is 5.32 Å². The van der Waals surface area contributed by atoms with Crippen LogP contribution in [0.15, 0.2) is 0 Å². The Kier molecular flexibility index (Phi) is 3.38. The SMILES string of the molecule is CCCCNCCC1(C)CC1. The van der Waals surface area contributed by atoms with E-state index in [0.717, 1.165) is 5.41 Å². The van der Waals surface area contributed by atoms with E-state index >= 15 is 0 Å². The van der Waals surface area contributed by atoms with Crippen molar-refractivity contribution in [2.75, 3.05) is 13.1 Å². The maximum atomic E-state index is 3.48. The Morgan fingerprint density at radius 2 is 2.00 bits per heavy atom. The van der Waals surface area contributed by atoms with Gasteiger partial charge in [0.2, 0.25) is 0 Å². The van der Waals surface area contributed by atoms with Gasteiger partial charge in [-0.2, -0.15) is 0 Å². The van der Waals surface area contributed by atoms with Gasteiger partial charge in [0.1, 0.15) is 0 Å². The van der Waals surface area contributed by atoms with Gasteiger partial charge in [0.25, 0.3) is 0 Å². The zero-order valence-corrected chi connectivity index (χ0v) is 7.95. The monoisotopic (exact) mass is 155 g/mol. The molecule has 1 aliphatic rings. The molecule has 0 heterocycles. The summed E-state index contributed by atoms with van der Waals surface area (Å²) in [6.45, 7) is 7.08. The molecule has 0 unspecified atom stereocenters. The average molecular weight is 155 g/mol. The fraction of sp³-hybridized carbons (Fsp3) is 1.00. The minimum atomic E-state index is 0.735. The van der Waals surface area contributed by atoms with Crippen molar-refractivity contribution in [3.63, 3.8) is 0 Å². The molecule has 0 bridgehead atoms. The largest absolute Gasteiger partial charge is 0.317 e. The molecule has 0 aliphatic heterocycles. The first kappa shape index (κ1) is 9.05. The van der Waals surface area contributed by atoms with Gasteiger partial charge >= 0.3 is 0 Å². The molecule has 0 amide bonds. The molecule has 66 valence electrons. The van der Waals surface area contributed by atoms with E-state index in [1.165, 1.54) is 45.2 Å². The standard InChI is InChI=1S/C10H21N/c1-3-4-8-11-9-7-10(2)5-6-10/h11H,3-9H2,1-2H3. The van der Waals surface area contributed by atoms with Crippen LogP contribution in [0.1, 0.15) is 46.0 Å². The van der Waals surface area contributed by atoms with Crippen LogP contribution in [0.2, 0.25) is 0 Å². The van der Waals surface area contributed by atoms with E-state index in [9.17, 15) is 0 Å². The molecule has 1 N–H and O–H groups in total. The molecule has 0 saturated heterocycles. The highest BCUT2D eigenvalue weighted by atomic mass is 14.8. The highest BCUT2D eigenvalue weighted by Gasteiger charge is 2.35. The highest BCUT2D eigenvalue weighted by Crippen LogP contribution is 2.47. The quantitative estimate of drug-likeness (QED) is 0.581. The minimum absolute atomic E-state index is 0.735. The van der Waals surface area contributed by atoms with Crippen LogP contribution in [0, 0.1) is 5.41 Å². The summed E-state index contributed by atoms with van der Waals surface area (Å²) in [5, 5.41) is 3.48. The van der Waals surface area contributed by atoms with Crippen molar-refractivity contribution >= 4 is 0 Å². The van der Waals surface area contributed by atoms with Crippen molar-refractivity contribution in [2.45, 2.75) is 46.0 Å². The Balaban J connectivity index is 1.81. The molecule has 0 atom stereocenters. The topological polar surface area (TPSA) is 12.0 Å². The van der Waals surface area contributed by atoms with E-state index in [2.05, 4.69) is 19.2 Å². The van der Waals surface area contributed by atoms with Gasteiger partial charge in [0.15, 0.2) is 0 Å². The maximum absolute atomic E-state index is 3.48. The van der Waals surface area contributed by atoms with Crippen molar-refractivity contribution in [3.05, 3.63) is 0 Å². The molecule has 0 radical (unpaired) electrons. The molecule has 1 aliphatic carbocycles. The van der Waals surface area contributed by atoms with Crippen LogP contribution in [0.3, 0.4) is 0 Å². The van der Waals surface area contributed by atoms with E-state index in [4.69, 9.17) is 0 Å². The molecule has 0 aromatic rings. The van der Waals surface area contributed by atoms with Crippen molar-refractivity contribution in [3.8, 4) is 0 Å². The van der Waals surface area contributed by atoms with Crippen LogP contribution in [-0.4, -0.2) is 13.1 Å². The van der Waals surface area contributed by atoms with Crippen molar-refractivity contribution < 1.29 is 0 Å². The van der Waals surface area contributed by atoms with E-state index in [-0.39, 0.29) is 0 Å². The average Bonchev–Trinajstić information content (AvgIpc) is 2.69. The fourth-order valence-corrected chi connectivity index (χ4v) is 1.28. The lowest BCUT2D eigenvalue weighted by atomic mass is 10.1. The summed E-state index contributed by atoms with van der Waals surface area (Å²) >= 11 is 0. The Morgan fingerprint density at radius 1 is 1.27 bits per heavy atom. The van der Waals surface area contributed by atoms with Crippen LogP contribution >= 0.6 is 0 Å². The van der Waals surface area contributed by atoms with Crippen LogP contribution in [0.4, 0.5) is 0 Å². The van der Waals surface area contributed by atoms with Gasteiger partial charge in [0, 0.05) is 0 Å². The molecule has 1 nitrogen and oxygen atoms in total. The molecule has 0 aromatic heterocycles. The first-order chi connectivity index (χ1) is 5.27. The molecule has 1 heteroatoms. The Bertz CT molecular complexity index is 105. The molecule has 1 fully saturated rings. The third-order valence-corrected chi connectivity index (χ3v) is 2.72. The zero-order chi connectivity index (χ0) is 8.16. The van der Waals surface area contributed by atoms with Crippen LogP contribution in [0.25, 0.3) is 0 Å². The predicted molar refractivity (Wildman–Crippen MR) is 49.7 cm³/mol. The summed E-state index contributed by atoms with van der Waals surface area (Å²) in [4.78, 5) is 0. The molecule has 11 heavy (non-hydrogen) atoms. The lowest BCUT2D eigenvalue weighted by Gasteiger charge is -2.08. The van der Waals surface area contributed by atoms with E-state index < -0.39 is 0 Å². The molecule has 1 rings (SSSR count). The maximum Gasteiger partial charge on any atom is -0.00437 e. The molecule has 0 spiro atoms. The zero-order valence-electron chi connectivity index (χ0n) is 7.95. The Hall–Kier alpha value is -0.0400.